The van der Waals surface area contributed by atoms with Crippen molar-refractivity contribution >= 4 is 44.6 Å². The molecule has 3 aromatic rings. The first kappa shape index (κ1) is 20.0. The highest BCUT2D eigenvalue weighted by atomic mass is 32.1. The Kier molecular flexibility index (Phi) is 5.73. The molecule has 0 saturated heterocycles. The number of aliphatic hydroxyl groups is 1. The number of rotatable bonds is 5. The van der Waals surface area contributed by atoms with Crippen molar-refractivity contribution in [2.24, 2.45) is 5.10 Å². The fourth-order valence-corrected chi connectivity index (χ4v) is 4.08. The molecule has 4 rings (SSSR count). The number of aliphatic hydroxyl groups excluding tert-OH is 1. The molecule has 0 aliphatic carbocycles. The van der Waals surface area contributed by atoms with E-state index in [1.54, 1.807) is 24.3 Å². The molecule has 0 spiro atoms. The Morgan fingerprint density at radius 3 is 2.97 bits per heavy atom. The molecule has 8 nitrogen and oxygen atoms in total. The third kappa shape index (κ3) is 4.17. The van der Waals surface area contributed by atoms with Crippen molar-refractivity contribution in [2.45, 2.75) is 26.4 Å². The van der Waals surface area contributed by atoms with Crippen molar-refractivity contribution in [3.05, 3.63) is 48.3 Å². The van der Waals surface area contributed by atoms with Crippen LogP contribution >= 0.6 is 11.3 Å². The quantitative estimate of drug-likeness (QED) is 0.578. The molecule has 9 heteroatoms. The molecule has 1 unspecified atom stereocenters. The topological polar surface area (TPSA) is 103 Å². The van der Waals surface area contributed by atoms with Crippen molar-refractivity contribution < 1.29 is 9.90 Å². The summed E-state index contributed by atoms with van der Waals surface area (Å²) in [6.07, 6.45) is 5.42. The summed E-state index contributed by atoms with van der Waals surface area (Å²) in [6, 6.07) is 9.36. The lowest BCUT2D eigenvalue weighted by atomic mass is 10.1. The van der Waals surface area contributed by atoms with Gasteiger partial charge in [0.15, 0.2) is 5.13 Å². The molecule has 2 amide bonds. The number of fused-ring (bicyclic) bond motifs is 1. The number of hydrogen-bond donors (Lipinski definition) is 3. The smallest absolute Gasteiger partial charge is 0.321 e. The highest BCUT2D eigenvalue weighted by Gasteiger charge is 2.18. The Hall–Kier alpha value is -3.30. The van der Waals surface area contributed by atoms with Gasteiger partial charge in [0.05, 0.1) is 27.7 Å². The number of hydrazone groups is 1. The second-order valence-electron chi connectivity index (χ2n) is 6.79. The van der Waals surface area contributed by atoms with Crippen LogP contribution in [-0.2, 0) is 0 Å². The lowest BCUT2D eigenvalue weighted by molar-refractivity contribution is 0.229. The van der Waals surface area contributed by atoms with Gasteiger partial charge in [-0.3, -0.25) is 10.3 Å². The van der Waals surface area contributed by atoms with Crippen LogP contribution in [0.3, 0.4) is 0 Å². The highest BCUT2D eigenvalue weighted by Crippen LogP contribution is 2.38. The van der Waals surface area contributed by atoms with E-state index >= 15 is 0 Å². The maximum absolute atomic E-state index is 11.9. The summed E-state index contributed by atoms with van der Waals surface area (Å²) in [5.74, 6) is 0. The van der Waals surface area contributed by atoms with Gasteiger partial charge in [-0.1, -0.05) is 17.4 Å². The molecule has 154 valence electrons. The minimum Gasteiger partial charge on any atom is -0.389 e. The minimum absolute atomic E-state index is 0.290. The van der Waals surface area contributed by atoms with E-state index in [0.717, 1.165) is 32.7 Å². The number of carbonyl (C=O) groups excluding carboxylic acids is 1. The highest BCUT2D eigenvalue weighted by molar-refractivity contribution is 7.22. The molecular formula is C21H22N6O2S. The maximum Gasteiger partial charge on any atom is 0.321 e. The van der Waals surface area contributed by atoms with Gasteiger partial charge in [-0.2, -0.15) is 5.10 Å². The summed E-state index contributed by atoms with van der Waals surface area (Å²) >= 11 is 1.40. The number of pyridine rings is 1. The summed E-state index contributed by atoms with van der Waals surface area (Å²) < 4.78 is 0.921. The molecule has 1 aliphatic heterocycles. The molecule has 1 aromatic carbocycles. The fourth-order valence-electron chi connectivity index (χ4n) is 3.11. The van der Waals surface area contributed by atoms with E-state index in [-0.39, 0.29) is 6.03 Å². The van der Waals surface area contributed by atoms with Crippen LogP contribution in [0.1, 0.15) is 20.3 Å². The molecule has 2 aromatic heterocycles. The van der Waals surface area contributed by atoms with Gasteiger partial charge in [0.2, 0.25) is 0 Å². The van der Waals surface area contributed by atoms with Crippen molar-refractivity contribution in [1.29, 1.82) is 0 Å². The number of hydrogen-bond acceptors (Lipinski definition) is 7. The van der Waals surface area contributed by atoms with Gasteiger partial charge in [0.25, 0.3) is 0 Å². The van der Waals surface area contributed by atoms with Gasteiger partial charge in [0.1, 0.15) is 0 Å². The zero-order valence-corrected chi connectivity index (χ0v) is 17.5. The summed E-state index contributed by atoms with van der Waals surface area (Å²) in [7, 11) is 0. The standard InChI is InChI=1S/C21H22N6O2S/c1-3-22-20(29)26-21-25-18-11-15(27-12-14(13(2)28)7-9-24-27)10-16(19(18)30-21)17-6-4-5-8-23-17/h4-6,8-13,28H,3,7H2,1-2H3,(H2,22,25,26,29). The predicted octanol–water partition coefficient (Wildman–Crippen LogP) is 3.96. The summed E-state index contributed by atoms with van der Waals surface area (Å²) in [5.41, 5.74) is 4.11. The van der Waals surface area contributed by atoms with E-state index in [4.69, 9.17) is 0 Å². The van der Waals surface area contributed by atoms with Crippen LogP contribution in [0.2, 0.25) is 0 Å². The number of anilines is 2. The van der Waals surface area contributed by atoms with Crippen molar-refractivity contribution in [3.8, 4) is 11.3 Å². The van der Waals surface area contributed by atoms with Gasteiger partial charge in [-0.05, 0) is 43.7 Å². The van der Waals surface area contributed by atoms with E-state index in [0.29, 0.717) is 18.1 Å². The molecule has 3 heterocycles. The third-order valence-corrected chi connectivity index (χ3v) is 5.62. The summed E-state index contributed by atoms with van der Waals surface area (Å²) in [6.45, 7) is 4.13. The first-order valence-electron chi connectivity index (χ1n) is 9.66. The van der Waals surface area contributed by atoms with Crippen molar-refractivity contribution in [1.82, 2.24) is 15.3 Å². The van der Waals surface area contributed by atoms with Crippen LogP contribution in [0.4, 0.5) is 15.6 Å². The zero-order chi connectivity index (χ0) is 21.1. The number of aromatic nitrogens is 2. The molecule has 0 saturated carbocycles. The number of nitrogens with one attached hydrogen (secondary N) is 2. The van der Waals surface area contributed by atoms with Crippen molar-refractivity contribution in [3.63, 3.8) is 0 Å². The first-order valence-corrected chi connectivity index (χ1v) is 10.5. The van der Waals surface area contributed by atoms with Gasteiger partial charge in [-0.15, -0.1) is 0 Å². The van der Waals surface area contributed by atoms with Crippen LogP contribution in [0, 0.1) is 0 Å². The zero-order valence-electron chi connectivity index (χ0n) is 16.7. The number of benzene rings is 1. The Balaban J connectivity index is 1.81. The van der Waals surface area contributed by atoms with E-state index in [1.807, 2.05) is 43.5 Å². The average molecular weight is 423 g/mol. The molecule has 30 heavy (non-hydrogen) atoms. The lowest BCUT2D eigenvalue weighted by Crippen LogP contribution is -2.28. The fraction of sp³-hybridized carbons (Fsp3) is 0.238. The summed E-state index contributed by atoms with van der Waals surface area (Å²) in [4.78, 5) is 21.0. The van der Waals surface area contributed by atoms with E-state index in [2.05, 4.69) is 25.7 Å². The number of carbonyl (C=O) groups is 1. The molecule has 1 atom stereocenters. The first-order chi connectivity index (χ1) is 14.5. The van der Waals surface area contributed by atoms with Crippen molar-refractivity contribution in [2.75, 3.05) is 16.9 Å². The predicted molar refractivity (Wildman–Crippen MR) is 121 cm³/mol. The molecule has 0 bridgehead atoms. The Morgan fingerprint density at radius 1 is 1.37 bits per heavy atom. The van der Waals surface area contributed by atoms with Gasteiger partial charge in [-0.25, -0.2) is 14.8 Å². The Labute approximate surface area is 178 Å². The average Bonchev–Trinajstić information content (AvgIpc) is 3.16. The third-order valence-electron chi connectivity index (χ3n) is 4.60. The van der Waals surface area contributed by atoms with Crippen LogP contribution < -0.4 is 15.6 Å². The van der Waals surface area contributed by atoms with Gasteiger partial charge in [0, 0.05) is 37.1 Å². The monoisotopic (exact) mass is 422 g/mol. The number of urea groups is 1. The number of nitrogens with zero attached hydrogens (tertiary/aromatic N) is 4. The van der Waals surface area contributed by atoms with Crippen LogP contribution in [-0.4, -0.2) is 40.0 Å². The Bertz CT molecular complexity index is 1120. The second kappa shape index (κ2) is 8.60. The Morgan fingerprint density at radius 2 is 2.23 bits per heavy atom. The molecule has 1 aliphatic rings. The number of amides is 2. The molecule has 0 fully saturated rings. The minimum atomic E-state index is -0.551. The van der Waals surface area contributed by atoms with E-state index in [1.165, 1.54) is 11.3 Å². The molecule has 0 radical (unpaired) electrons. The van der Waals surface area contributed by atoms with Crippen LogP contribution in [0.15, 0.2) is 53.4 Å². The van der Waals surface area contributed by atoms with Gasteiger partial charge < -0.3 is 10.4 Å². The normalized spacial score (nSPS) is 14.5. The van der Waals surface area contributed by atoms with Crippen LogP contribution in [0.5, 0.6) is 0 Å². The van der Waals surface area contributed by atoms with E-state index in [9.17, 15) is 9.90 Å². The summed E-state index contributed by atoms with van der Waals surface area (Å²) in [5, 5.41) is 22.1. The number of thiazole rings is 1. The lowest BCUT2D eigenvalue weighted by Gasteiger charge is -2.22. The van der Waals surface area contributed by atoms with Gasteiger partial charge >= 0.3 is 6.03 Å². The molecular weight excluding hydrogens is 400 g/mol. The van der Waals surface area contributed by atoms with E-state index < -0.39 is 6.10 Å². The maximum atomic E-state index is 11.9. The van der Waals surface area contributed by atoms with Crippen LogP contribution in [0.25, 0.3) is 21.5 Å². The SMILES string of the molecule is CCNC(=O)Nc1nc2cc(N3C=C(C(C)O)CC=N3)cc(-c3ccccn3)c2s1. The molecule has 3 N–H and O–H groups in total. The largest absolute Gasteiger partial charge is 0.389 e. The second-order valence-corrected chi connectivity index (χ2v) is 7.79.